The highest BCUT2D eigenvalue weighted by molar-refractivity contribution is 5.84. The molecule has 4 heteroatoms. The van der Waals surface area contributed by atoms with Crippen LogP contribution in [0.3, 0.4) is 0 Å². The van der Waals surface area contributed by atoms with E-state index < -0.39 is 0 Å². The summed E-state index contributed by atoms with van der Waals surface area (Å²) in [7, 11) is 3.88. The van der Waals surface area contributed by atoms with Crippen LogP contribution in [0, 0.1) is 6.92 Å². The van der Waals surface area contributed by atoms with Gasteiger partial charge in [-0.3, -0.25) is 4.98 Å². The number of pyridine rings is 1. The minimum absolute atomic E-state index is 0.282. The van der Waals surface area contributed by atoms with Crippen LogP contribution in [0.5, 0.6) is 5.75 Å². The van der Waals surface area contributed by atoms with Gasteiger partial charge in [0.15, 0.2) is 11.0 Å². The molecule has 0 N–H and O–H groups in total. The lowest BCUT2D eigenvalue weighted by molar-refractivity contribution is -0.558. The number of imidazole rings is 1. The summed E-state index contributed by atoms with van der Waals surface area (Å²) in [5.41, 5.74) is 12.6. The third kappa shape index (κ3) is 3.13. The summed E-state index contributed by atoms with van der Waals surface area (Å²) < 4.78 is 10.5. The Morgan fingerprint density at radius 1 is 0.944 bits per heavy atom. The van der Waals surface area contributed by atoms with E-state index in [1.54, 1.807) is 13.3 Å². The van der Waals surface area contributed by atoms with Crippen molar-refractivity contribution in [2.75, 3.05) is 7.11 Å². The lowest BCUT2D eigenvalue weighted by Crippen LogP contribution is -2.39. The van der Waals surface area contributed by atoms with Crippen LogP contribution < -0.4 is 9.30 Å². The van der Waals surface area contributed by atoms with E-state index in [1.807, 2.05) is 6.20 Å². The first kappa shape index (κ1) is 22.5. The molecule has 5 aromatic rings. The predicted octanol–water partition coefficient (Wildman–Crippen LogP) is 7.09. The van der Waals surface area contributed by atoms with E-state index in [0.29, 0.717) is 5.92 Å². The average molecular weight is 475 g/mol. The van der Waals surface area contributed by atoms with E-state index in [0.717, 1.165) is 22.7 Å². The lowest BCUT2D eigenvalue weighted by atomic mass is 9.82. The molecule has 0 aliphatic carbocycles. The molecule has 1 atom stereocenters. The highest BCUT2D eigenvalue weighted by Gasteiger charge is 2.38. The van der Waals surface area contributed by atoms with Crippen LogP contribution in [0.25, 0.3) is 39.2 Å². The Labute approximate surface area is 212 Å². The summed E-state index contributed by atoms with van der Waals surface area (Å²) in [6.07, 6.45) is 3.77. The van der Waals surface area contributed by atoms with Gasteiger partial charge in [0, 0.05) is 34.4 Å². The monoisotopic (exact) mass is 474 g/mol. The van der Waals surface area contributed by atoms with Gasteiger partial charge in [-0.2, -0.15) is 4.57 Å². The zero-order valence-corrected chi connectivity index (χ0v) is 21.8. The third-order valence-electron chi connectivity index (χ3n) is 7.84. The number of methoxy groups -OCH3 is 1. The molecule has 180 valence electrons. The van der Waals surface area contributed by atoms with Crippen molar-refractivity contribution < 1.29 is 9.30 Å². The Morgan fingerprint density at radius 3 is 2.44 bits per heavy atom. The number of nitrogens with zero attached hydrogens (tertiary/aromatic N) is 3. The molecule has 0 spiro atoms. The van der Waals surface area contributed by atoms with Crippen LogP contribution >= 0.6 is 0 Å². The zero-order chi connectivity index (χ0) is 25.1. The first-order valence-corrected chi connectivity index (χ1v) is 12.7. The first-order chi connectivity index (χ1) is 17.4. The molecule has 1 aliphatic heterocycles. The van der Waals surface area contributed by atoms with Crippen LogP contribution in [0.15, 0.2) is 73.1 Å². The quantitative estimate of drug-likeness (QED) is 0.260. The summed E-state index contributed by atoms with van der Waals surface area (Å²) in [5, 5.41) is 0. The number of aromatic nitrogens is 3. The van der Waals surface area contributed by atoms with E-state index in [2.05, 4.69) is 110 Å². The second-order valence-corrected chi connectivity index (χ2v) is 10.2. The molecule has 0 fully saturated rings. The van der Waals surface area contributed by atoms with Crippen molar-refractivity contribution in [2.45, 2.75) is 39.5 Å². The maximum Gasteiger partial charge on any atom is 0.296 e. The summed E-state index contributed by atoms with van der Waals surface area (Å²) >= 11 is 0. The molecule has 1 aliphatic rings. The molecule has 3 aromatic carbocycles. The molecule has 4 nitrogen and oxygen atoms in total. The molecule has 6 rings (SSSR count). The minimum atomic E-state index is 0.282. The van der Waals surface area contributed by atoms with Crippen molar-refractivity contribution in [2.24, 2.45) is 7.05 Å². The lowest BCUT2D eigenvalue weighted by Gasteiger charge is -2.26. The molecule has 0 saturated heterocycles. The van der Waals surface area contributed by atoms with Crippen LogP contribution in [0.1, 0.15) is 54.9 Å². The number of hydrogen-bond donors (Lipinski definition) is 0. The molecule has 36 heavy (non-hydrogen) atoms. The van der Waals surface area contributed by atoms with Gasteiger partial charge in [0.2, 0.25) is 0 Å². The Balaban J connectivity index is 1.77. The molecule has 0 bridgehead atoms. The Morgan fingerprint density at radius 2 is 1.72 bits per heavy atom. The number of fused-ring (bicyclic) bond motifs is 2. The summed E-state index contributed by atoms with van der Waals surface area (Å²) in [5.74, 6) is 2.58. The van der Waals surface area contributed by atoms with Gasteiger partial charge in [0.05, 0.1) is 25.9 Å². The van der Waals surface area contributed by atoms with E-state index in [-0.39, 0.29) is 5.92 Å². The number of hydrogen-bond acceptors (Lipinski definition) is 2. The van der Waals surface area contributed by atoms with Gasteiger partial charge in [-0.15, -0.1) is 0 Å². The van der Waals surface area contributed by atoms with Crippen molar-refractivity contribution in [3.63, 3.8) is 0 Å². The van der Waals surface area contributed by atoms with Gasteiger partial charge >= 0.3 is 0 Å². The maximum atomic E-state index is 5.66. The summed E-state index contributed by atoms with van der Waals surface area (Å²) in [6, 6.07) is 22.2. The molecule has 3 heterocycles. The van der Waals surface area contributed by atoms with Crippen molar-refractivity contribution in [1.29, 1.82) is 0 Å². The second kappa shape index (κ2) is 8.34. The molecule has 0 radical (unpaired) electrons. The van der Waals surface area contributed by atoms with Gasteiger partial charge in [-0.05, 0) is 42.2 Å². The van der Waals surface area contributed by atoms with Crippen molar-refractivity contribution in [3.8, 4) is 34.0 Å². The summed E-state index contributed by atoms with van der Waals surface area (Å²) in [4.78, 5) is 4.55. The topological polar surface area (TPSA) is 30.9 Å². The SMILES string of the molecule is COc1cncc(-c2n(C)c3cccc4c3[n+]2-c2c(C(C)C)cc(-c3ccccc3)cc2C4C)c1C. The van der Waals surface area contributed by atoms with Crippen LogP contribution in [-0.2, 0) is 7.05 Å². The van der Waals surface area contributed by atoms with Crippen LogP contribution in [-0.4, -0.2) is 16.7 Å². The van der Waals surface area contributed by atoms with Crippen LogP contribution in [0.4, 0.5) is 0 Å². The number of benzene rings is 3. The van der Waals surface area contributed by atoms with Crippen molar-refractivity contribution >= 4 is 11.0 Å². The Kier molecular flexibility index (Phi) is 5.22. The van der Waals surface area contributed by atoms with E-state index >= 15 is 0 Å². The smallest absolute Gasteiger partial charge is 0.296 e. The normalized spacial score (nSPS) is 14.4. The van der Waals surface area contributed by atoms with Gasteiger partial charge in [-0.1, -0.05) is 63.2 Å². The molecule has 2 aromatic heterocycles. The minimum Gasteiger partial charge on any atom is -0.495 e. The summed E-state index contributed by atoms with van der Waals surface area (Å²) in [6.45, 7) is 9.07. The second-order valence-electron chi connectivity index (χ2n) is 10.2. The fourth-order valence-corrected chi connectivity index (χ4v) is 5.91. The van der Waals surface area contributed by atoms with Crippen LogP contribution in [0.2, 0.25) is 0 Å². The number of para-hydroxylation sites is 1. The number of ether oxygens (including phenoxy) is 1. The highest BCUT2D eigenvalue weighted by Crippen LogP contribution is 2.43. The Bertz CT molecular complexity index is 1630. The van der Waals surface area contributed by atoms with Gasteiger partial charge in [0.25, 0.3) is 5.82 Å². The van der Waals surface area contributed by atoms with E-state index in [1.165, 1.54) is 44.5 Å². The largest absolute Gasteiger partial charge is 0.495 e. The van der Waals surface area contributed by atoms with Gasteiger partial charge in [0.1, 0.15) is 11.4 Å². The molecule has 0 amide bonds. The molecular weight excluding hydrogens is 442 g/mol. The highest BCUT2D eigenvalue weighted by atomic mass is 16.5. The fourth-order valence-electron chi connectivity index (χ4n) is 5.91. The first-order valence-electron chi connectivity index (χ1n) is 12.7. The fraction of sp³-hybridized carbons (Fsp3) is 0.250. The number of aryl methyl sites for hydroxylation is 1. The van der Waals surface area contributed by atoms with Gasteiger partial charge in [-0.25, -0.2) is 4.57 Å². The Hall–Kier alpha value is -3.92. The molecular formula is C32H32N3O+. The van der Waals surface area contributed by atoms with Crippen molar-refractivity contribution in [3.05, 3.63) is 95.3 Å². The van der Waals surface area contributed by atoms with E-state index in [9.17, 15) is 0 Å². The molecule has 1 unspecified atom stereocenters. The van der Waals surface area contributed by atoms with Gasteiger partial charge < -0.3 is 4.74 Å². The van der Waals surface area contributed by atoms with E-state index in [4.69, 9.17) is 4.74 Å². The zero-order valence-electron chi connectivity index (χ0n) is 21.8. The third-order valence-corrected chi connectivity index (χ3v) is 7.84. The predicted molar refractivity (Wildman–Crippen MR) is 146 cm³/mol. The number of rotatable bonds is 4. The maximum absolute atomic E-state index is 5.66. The molecule has 0 saturated carbocycles. The average Bonchev–Trinajstić information content (AvgIpc) is 3.19. The standard InChI is InChI=1S/C32H32N3O/c1-19(2)25-15-23(22-11-8-7-9-12-22)16-26-20(3)24-13-10-14-28-31(24)35(30(25)26)32(34(28)5)27-17-33-18-29(36-6)21(27)4/h7-20H,1-6H3/q+1. The van der Waals surface area contributed by atoms with Crippen molar-refractivity contribution in [1.82, 2.24) is 9.55 Å².